The number of aryl methyl sites for hydroxylation is 1. The monoisotopic (exact) mass is 342 g/mol. The number of alkyl halides is 2. The van der Waals surface area contributed by atoms with Gasteiger partial charge in [0.25, 0.3) is 0 Å². The van der Waals surface area contributed by atoms with E-state index in [-0.39, 0.29) is 11.5 Å². The standard InChI is InChI=1S/C13H9BrF2N2O2/c1-7-9(14)3-5-12(17-7)18-8-2-4-10-11(6-8)20-13(15,16)19-10/h2-6H,1H3,(H,17,18). The van der Waals surface area contributed by atoms with Gasteiger partial charge in [0, 0.05) is 16.2 Å². The average Bonchev–Trinajstić information content (AvgIpc) is 2.67. The van der Waals surface area contributed by atoms with Gasteiger partial charge in [0.15, 0.2) is 11.5 Å². The van der Waals surface area contributed by atoms with Crippen molar-refractivity contribution in [1.29, 1.82) is 0 Å². The third kappa shape index (κ3) is 2.53. The van der Waals surface area contributed by atoms with Gasteiger partial charge in [0.05, 0.1) is 5.69 Å². The Morgan fingerprint density at radius 3 is 2.65 bits per heavy atom. The first-order valence-electron chi connectivity index (χ1n) is 5.73. The molecule has 0 unspecified atom stereocenters. The third-order valence-electron chi connectivity index (χ3n) is 2.69. The van der Waals surface area contributed by atoms with E-state index in [9.17, 15) is 8.78 Å². The second-order valence-corrected chi connectivity index (χ2v) is 5.07. The first-order valence-corrected chi connectivity index (χ1v) is 6.52. The van der Waals surface area contributed by atoms with Gasteiger partial charge in [-0.15, -0.1) is 8.78 Å². The van der Waals surface area contributed by atoms with Crippen LogP contribution in [0.1, 0.15) is 5.69 Å². The van der Waals surface area contributed by atoms with E-state index in [2.05, 4.69) is 35.7 Å². The van der Waals surface area contributed by atoms with Crippen molar-refractivity contribution in [1.82, 2.24) is 4.98 Å². The Morgan fingerprint density at radius 1 is 1.15 bits per heavy atom. The molecule has 0 atom stereocenters. The van der Waals surface area contributed by atoms with Gasteiger partial charge in [0.2, 0.25) is 0 Å². The molecule has 20 heavy (non-hydrogen) atoms. The van der Waals surface area contributed by atoms with Crippen LogP contribution in [0.25, 0.3) is 0 Å². The maximum atomic E-state index is 12.9. The number of ether oxygens (including phenoxy) is 2. The quantitative estimate of drug-likeness (QED) is 0.887. The van der Waals surface area contributed by atoms with Crippen LogP contribution in [0, 0.1) is 6.92 Å². The molecule has 7 heteroatoms. The molecule has 0 amide bonds. The Labute approximate surface area is 121 Å². The number of halogens is 3. The predicted molar refractivity (Wildman–Crippen MR) is 72.6 cm³/mol. The van der Waals surface area contributed by atoms with Crippen LogP contribution < -0.4 is 14.8 Å². The Hall–Kier alpha value is -1.89. The Kier molecular flexibility index (Phi) is 3.01. The van der Waals surface area contributed by atoms with E-state index in [4.69, 9.17) is 0 Å². The lowest BCUT2D eigenvalue weighted by Gasteiger charge is -2.07. The van der Waals surface area contributed by atoms with Crippen LogP contribution in [0.4, 0.5) is 20.3 Å². The summed E-state index contributed by atoms with van der Waals surface area (Å²) in [5, 5.41) is 3.02. The van der Waals surface area contributed by atoms with E-state index in [0.29, 0.717) is 11.5 Å². The van der Waals surface area contributed by atoms with Crippen molar-refractivity contribution in [2.45, 2.75) is 13.2 Å². The van der Waals surface area contributed by atoms with Gasteiger partial charge in [-0.2, -0.15) is 0 Å². The molecule has 0 bridgehead atoms. The average molecular weight is 343 g/mol. The zero-order valence-corrected chi connectivity index (χ0v) is 11.9. The number of benzene rings is 1. The van der Waals surface area contributed by atoms with Crippen molar-refractivity contribution in [3.05, 3.63) is 40.5 Å². The summed E-state index contributed by atoms with van der Waals surface area (Å²) in [7, 11) is 0. The highest BCUT2D eigenvalue weighted by molar-refractivity contribution is 9.10. The summed E-state index contributed by atoms with van der Waals surface area (Å²) in [6, 6.07) is 8.10. The van der Waals surface area contributed by atoms with Gasteiger partial charge in [0.1, 0.15) is 5.82 Å². The summed E-state index contributed by atoms with van der Waals surface area (Å²) < 4.78 is 35.4. The van der Waals surface area contributed by atoms with E-state index in [1.165, 1.54) is 12.1 Å². The van der Waals surface area contributed by atoms with Crippen molar-refractivity contribution in [3.8, 4) is 11.5 Å². The van der Waals surface area contributed by atoms with Gasteiger partial charge < -0.3 is 14.8 Å². The number of pyridine rings is 1. The van der Waals surface area contributed by atoms with Gasteiger partial charge >= 0.3 is 6.29 Å². The van der Waals surface area contributed by atoms with Crippen LogP contribution in [0.2, 0.25) is 0 Å². The zero-order chi connectivity index (χ0) is 14.3. The molecule has 0 fully saturated rings. The summed E-state index contributed by atoms with van der Waals surface area (Å²) >= 11 is 3.36. The number of hydrogen-bond donors (Lipinski definition) is 1. The largest absolute Gasteiger partial charge is 0.586 e. The molecule has 1 aromatic carbocycles. The number of anilines is 2. The fourth-order valence-electron chi connectivity index (χ4n) is 1.79. The SMILES string of the molecule is Cc1nc(Nc2ccc3c(c2)OC(F)(F)O3)ccc1Br. The van der Waals surface area contributed by atoms with Gasteiger partial charge in [-0.05, 0) is 47.1 Å². The molecule has 1 N–H and O–H groups in total. The highest BCUT2D eigenvalue weighted by Crippen LogP contribution is 2.42. The first kappa shape index (κ1) is 13.1. The van der Waals surface area contributed by atoms with Crippen LogP contribution in [0.15, 0.2) is 34.8 Å². The third-order valence-corrected chi connectivity index (χ3v) is 3.53. The minimum absolute atomic E-state index is 0.00571. The van der Waals surface area contributed by atoms with E-state index >= 15 is 0 Å². The molecule has 1 aliphatic heterocycles. The lowest BCUT2D eigenvalue weighted by molar-refractivity contribution is -0.286. The first-order chi connectivity index (χ1) is 9.43. The summed E-state index contributed by atoms with van der Waals surface area (Å²) in [4.78, 5) is 4.31. The lowest BCUT2D eigenvalue weighted by Crippen LogP contribution is -2.25. The van der Waals surface area contributed by atoms with Crippen LogP contribution in [-0.2, 0) is 0 Å². The highest BCUT2D eigenvalue weighted by Gasteiger charge is 2.43. The normalized spacial score (nSPS) is 15.2. The van der Waals surface area contributed by atoms with E-state index in [1.807, 2.05) is 13.0 Å². The minimum atomic E-state index is -3.60. The molecule has 3 rings (SSSR count). The summed E-state index contributed by atoms with van der Waals surface area (Å²) in [5.41, 5.74) is 1.40. The predicted octanol–water partition coefficient (Wildman–Crippen LogP) is 4.22. The van der Waals surface area contributed by atoms with Gasteiger partial charge in [-0.3, -0.25) is 0 Å². The molecule has 0 aliphatic carbocycles. The van der Waals surface area contributed by atoms with Crippen LogP contribution in [0.3, 0.4) is 0 Å². The van der Waals surface area contributed by atoms with Crippen molar-refractivity contribution >= 4 is 27.4 Å². The maximum absolute atomic E-state index is 12.9. The fourth-order valence-corrected chi connectivity index (χ4v) is 2.01. The molecule has 2 aromatic rings. The summed E-state index contributed by atoms with van der Waals surface area (Å²) in [6.07, 6.45) is -3.60. The van der Waals surface area contributed by atoms with Crippen molar-refractivity contribution in [3.63, 3.8) is 0 Å². The van der Waals surface area contributed by atoms with Crippen LogP contribution in [-0.4, -0.2) is 11.3 Å². The highest BCUT2D eigenvalue weighted by atomic mass is 79.9. The topological polar surface area (TPSA) is 43.4 Å². The van der Waals surface area contributed by atoms with Crippen LogP contribution in [0.5, 0.6) is 11.5 Å². The van der Waals surface area contributed by atoms with E-state index in [1.54, 1.807) is 12.1 Å². The number of rotatable bonds is 2. The summed E-state index contributed by atoms with van der Waals surface area (Å²) in [5.74, 6) is 0.616. The molecule has 0 spiro atoms. The fraction of sp³-hybridized carbons (Fsp3) is 0.154. The minimum Gasteiger partial charge on any atom is -0.395 e. The smallest absolute Gasteiger partial charge is 0.395 e. The maximum Gasteiger partial charge on any atom is 0.586 e. The molecule has 2 heterocycles. The van der Waals surface area contributed by atoms with Crippen molar-refractivity contribution < 1.29 is 18.3 Å². The second kappa shape index (κ2) is 4.59. The molecule has 0 saturated heterocycles. The zero-order valence-electron chi connectivity index (χ0n) is 10.3. The van der Waals surface area contributed by atoms with E-state index < -0.39 is 6.29 Å². The Bertz CT molecular complexity index is 679. The molecule has 1 aromatic heterocycles. The molecule has 4 nitrogen and oxygen atoms in total. The lowest BCUT2D eigenvalue weighted by atomic mass is 10.2. The molecule has 0 saturated carbocycles. The van der Waals surface area contributed by atoms with Crippen molar-refractivity contribution in [2.75, 3.05) is 5.32 Å². The Morgan fingerprint density at radius 2 is 1.90 bits per heavy atom. The Balaban J connectivity index is 1.84. The van der Waals surface area contributed by atoms with Gasteiger partial charge in [-0.25, -0.2) is 4.98 Å². The molecule has 104 valence electrons. The van der Waals surface area contributed by atoms with Crippen molar-refractivity contribution in [2.24, 2.45) is 0 Å². The number of nitrogens with zero attached hydrogens (tertiary/aromatic N) is 1. The molecular weight excluding hydrogens is 334 g/mol. The molecule has 0 radical (unpaired) electrons. The molecular formula is C13H9BrF2N2O2. The second-order valence-electron chi connectivity index (χ2n) is 4.22. The number of fused-ring (bicyclic) bond motifs is 1. The van der Waals surface area contributed by atoms with Crippen LogP contribution >= 0.6 is 15.9 Å². The molecule has 1 aliphatic rings. The summed E-state index contributed by atoms with van der Waals surface area (Å²) in [6.45, 7) is 1.86. The number of aromatic nitrogens is 1. The van der Waals surface area contributed by atoms with E-state index in [0.717, 1.165) is 10.2 Å². The van der Waals surface area contributed by atoms with Gasteiger partial charge in [-0.1, -0.05) is 0 Å². The number of nitrogens with one attached hydrogen (secondary N) is 1. The number of hydrogen-bond acceptors (Lipinski definition) is 4.